The molecule has 1 saturated heterocycles. The molecule has 5 heteroatoms. The van der Waals surface area contributed by atoms with E-state index in [2.05, 4.69) is 11.4 Å². The van der Waals surface area contributed by atoms with Crippen LogP contribution in [0.1, 0.15) is 71.5 Å². The molecule has 0 spiro atoms. The first-order chi connectivity index (χ1) is 12.2. The highest BCUT2D eigenvalue weighted by Crippen LogP contribution is 2.33. The zero-order valence-corrected chi connectivity index (χ0v) is 15.7. The summed E-state index contributed by atoms with van der Waals surface area (Å²) in [4.78, 5) is 29.5. The number of nitrogens with zero attached hydrogens (tertiary/aromatic N) is 1. The predicted molar refractivity (Wildman–Crippen MR) is 100.0 cm³/mol. The number of rotatable bonds is 3. The van der Waals surface area contributed by atoms with Gasteiger partial charge in [0.05, 0.1) is 4.88 Å². The summed E-state index contributed by atoms with van der Waals surface area (Å²) in [7, 11) is 0. The van der Waals surface area contributed by atoms with Crippen LogP contribution < -0.4 is 5.32 Å². The Hall–Kier alpha value is -1.36. The van der Waals surface area contributed by atoms with Gasteiger partial charge in [0.2, 0.25) is 5.91 Å². The summed E-state index contributed by atoms with van der Waals surface area (Å²) < 4.78 is 0. The van der Waals surface area contributed by atoms with Crippen molar-refractivity contribution in [3.05, 3.63) is 21.4 Å². The van der Waals surface area contributed by atoms with Crippen LogP contribution in [0, 0.1) is 5.92 Å². The molecule has 0 unspecified atom stereocenters. The maximum absolute atomic E-state index is 12.7. The van der Waals surface area contributed by atoms with E-state index in [4.69, 9.17) is 0 Å². The van der Waals surface area contributed by atoms with E-state index in [0.29, 0.717) is 6.04 Å². The van der Waals surface area contributed by atoms with Gasteiger partial charge in [-0.1, -0.05) is 12.8 Å². The number of aryl methyl sites for hydroxylation is 1. The van der Waals surface area contributed by atoms with Crippen LogP contribution in [0.3, 0.4) is 0 Å². The van der Waals surface area contributed by atoms with Crippen molar-refractivity contribution < 1.29 is 9.59 Å². The molecule has 2 heterocycles. The van der Waals surface area contributed by atoms with E-state index in [1.807, 2.05) is 4.90 Å². The van der Waals surface area contributed by atoms with E-state index < -0.39 is 0 Å². The molecule has 2 fully saturated rings. The second-order valence-corrected chi connectivity index (χ2v) is 8.98. The van der Waals surface area contributed by atoms with Gasteiger partial charge in [0.1, 0.15) is 0 Å². The van der Waals surface area contributed by atoms with E-state index in [1.54, 1.807) is 11.3 Å². The summed E-state index contributed by atoms with van der Waals surface area (Å²) >= 11 is 1.66. The summed E-state index contributed by atoms with van der Waals surface area (Å²) in [6, 6.07) is 2.47. The minimum atomic E-state index is 0.0839. The maximum atomic E-state index is 12.7. The van der Waals surface area contributed by atoms with Gasteiger partial charge in [0, 0.05) is 29.9 Å². The minimum absolute atomic E-state index is 0.0839. The van der Waals surface area contributed by atoms with Crippen LogP contribution in [0.4, 0.5) is 0 Å². The zero-order valence-electron chi connectivity index (χ0n) is 14.9. The van der Waals surface area contributed by atoms with Gasteiger partial charge in [-0.2, -0.15) is 0 Å². The van der Waals surface area contributed by atoms with Crippen LogP contribution in [-0.2, 0) is 17.6 Å². The Bertz CT molecular complexity index is 642. The second kappa shape index (κ2) is 7.48. The molecular weight excluding hydrogens is 332 g/mol. The zero-order chi connectivity index (χ0) is 17.2. The molecule has 4 rings (SSSR count). The lowest BCUT2D eigenvalue weighted by molar-refractivity contribution is -0.126. The lowest BCUT2D eigenvalue weighted by Crippen LogP contribution is -2.39. The summed E-state index contributed by atoms with van der Waals surface area (Å²) in [5, 5.41) is 3.25. The van der Waals surface area contributed by atoms with E-state index in [9.17, 15) is 9.59 Å². The van der Waals surface area contributed by atoms with Gasteiger partial charge in [0.25, 0.3) is 5.91 Å². The number of carbonyl (C=O) groups excluding carboxylic acids is 2. The van der Waals surface area contributed by atoms with E-state index >= 15 is 0 Å². The van der Waals surface area contributed by atoms with Gasteiger partial charge in [-0.05, 0) is 63.0 Å². The molecule has 1 saturated carbocycles. The SMILES string of the molecule is O=C(NC1CCCC1)[C@H]1CCc2sc(C(=O)N3CCCCC3)cc2C1. The first-order valence-electron chi connectivity index (χ1n) is 9.92. The highest BCUT2D eigenvalue weighted by molar-refractivity contribution is 7.14. The number of fused-ring (bicyclic) bond motifs is 1. The Kier molecular flexibility index (Phi) is 5.11. The third-order valence-electron chi connectivity index (χ3n) is 6.01. The molecule has 1 aliphatic heterocycles. The Balaban J connectivity index is 1.40. The lowest BCUT2D eigenvalue weighted by atomic mass is 9.87. The summed E-state index contributed by atoms with van der Waals surface area (Å²) in [5.74, 6) is 0.513. The number of thiophene rings is 1. The van der Waals surface area contributed by atoms with Crippen LogP contribution >= 0.6 is 11.3 Å². The van der Waals surface area contributed by atoms with Crippen molar-refractivity contribution in [2.24, 2.45) is 5.92 Å². The first-order valence-corrected chi connectivity index (χ1v) is 10.7. The average molecular weight is 361 g/mol. The van der Waals surface area contributed by atoms with Crippen molar-refractivity contribution in [2.45, 2.75) is 70.3 Å². The standard InChI is InChI=1S/C20H28N2O2S/c23-19(21-16-6-2-3-7-16)14-8-9-17-15(12-14)13-18(25-17)20(24)22-10-4-1-5-11-22/h13-14,16H,1-12H2,(H,21,23)/t14-/m0/s1. The minimum Gasteiger partial charge on any atom is -0.353 e. The summed E-state index contributed by atoms with van der Waals surface area (Å²) in [6.07, 6.45) is 10.9. The number of hydrogen-bond donors (Lipinski definition) is 1. The molecular formula is C20H28N2O2S. The quantitative estimate of drug-likeness (QED) is 0.896. The van der Waals surface area contributed by atoms with Gasteiger partial charge >= 0.3 is 0 Å². The molecule has 1 N–H and O–H groups in total. The van der Waals surface area contributed by atoms with Crippen LogP contribution in [0.15, 0.2) is 6.07 Å². The molecule has 0 aromatic carbocycles. The topological polar surface area (TPSA) is 49.4 Å². The molecule has 0 radical (unpaired) electrons. The Morgan fingerprint density at radius 1 is 1.04 bits per heavy atom. The number of piperidine rings is 1. The van der Waals surface area contributed by atoms with E-state index in [1.165, 1.54) is 29.7 Å². The smallest absolute Gasteiger partial charge is 0.263 e. The molecule has 2 amide bonds. The van der Waals surface area contributed by atoms with Crippen LogP contribution in [-0.4, -0.2) is 35.8 Å². The first kappa shape index (κ1) is 17.1. The number of nitrogens with one attached hydrogen (secondary N) is 1. The van der Waals surface area contributed by atoms with Crippen molar-refractivity contribution in [3.63, 3.8) is 0 Å². The van der Waals surface area contributed by atoms with Gasteiger partial charge in [-0.15, -0.1) is 11.3 Å². The van der Waals surface area contributed by atoms with E-state index in [-0.39, 0.29) is 17.7 Å². The molecule has 3 aliphatic rings. The average Bonchev–Trinajstić information content (AvgIpc) is 3.30. The number of amides is 2. The predicted octanol–water partition coefficient (Wildman–Crippen LogP) is 3.54. The molecule has 25 heavy (non-hydrogen) atoms. The highest BCUT2D eigenvalue weighted by Gasteiger charge is 2.30. The number of hydrogen-bond acceptors (Lipinski definition) is 3. The normalized spacial score (nSPS) is 24.2. The molecule has 1 aromatic rings. The fraction of sp³-hybridized carbons (Fsp3) is 0.700. The van der Waals surface area contributed by atoms with Crippen molar-refractivity contribution in [1.82, 2.24) is 10.2 Å². The van der Waals surface area contributed by atoms with Crippen LogP contribution in [0.2, 0.25) is 0 Å². The Morgan fingerprint density at radius 2 is 1.80 bits per heavy atom. The number of carbonyl (C=O) groups is 2. The fourth-order valence-electron chi connectivity index (χ4n) is 4.49. The van der Waals surface area contributed by atoms with Gasteiger partial charge in [-0.25, -0.2) is 0 Å². The molecule has 1 atom stereocenters. The van der Waals surface area contributed by atoms with Crippen molar-refractivity contribution in [2.75, 3.05) is 13.1 Å². The maximum Gasteiger partial charge on any atom is 0.263 e. The molecule has 1 aromatic heterocycles. The Morgan fingerprint density at radius 3 is 2.56 bits per heavy atom. The number of likely N-dealkylation sites (tertiary alicyclic amines) is 1. The van der Waals surface area contributed by atoms with Crippen LogP contribution in [0.25, 0.3) is 0 Å². The molecule has 4 nitrogen and oxygen atoms in total. The summed E-state index contributed by atoms with van der Waals surface area (Å²) in [6.45, 7) is 1.79. The molecule has 2 aliphatic carbocycles. The fourth-order valence-corrected chi connectivity index (χ4v) is 5.67. The van der Waals surface area contributed by atoms with Gasteiger partial charge in [-0.3, -0.25) is 9.59 Å². The van der Waals surface area contributed by atoms with Gasteiger partial charge in [0.15, 0.2) is 0 Å². The van der Waals surface area contributed by atoms with Gasteiger partial charge < -0.3 is 10.2 Å². The third kappa shape index (κ3) is 3.76. The Labute approximate surface area is 154 Å². The highest BCUT2D eigenvalue weighted by atomic mass is 32.1. The largest absolute Gasteiger partial charge is 0.353 e. The van der Waals surface area contributed by atoms with Crippen molar-refractivity contribution in [1.29, 1.82) is 0 Å². The second-order valence-electron chi connectivity index (χ2n) is 7.84. The lowest BCUT2D eigenvalue weighted by Gasteiger charge is -2.26. The van der Waals surface area contributed by atoms with Crippen LogP contribution in [0.5, 0.6) is 0 Å². The molecule has 0 bridgehead atoms. The van der Waals surface area contributed by atoms with Crippen molar-refractivity contribution >= 4 is 23.2 Å². The molecule has 136 valence electrons. The third-order valence-corrected chi connectivity index (χ3v) is 7.23. The monoisotopic (exact) mass is 360 g/mol. The van der Waals surface area contributed by atoms with Crippen molar-refractivity contribution in [3.8, 4) is 0 Å². The van der Waals surface area contributed by atoms with E-state index in [0.717, 1.165) is 62.9 Å². The summed E-state index contributed by atoms with van der Waals surface area (Å²) in [5.41, 5.74) is 1.24.